The molecular formula is C9H10ClN5O. The van der Waals surface area contributed by atoms with Crippen molar-refractivity contribution < 1.29 is 4.52 Å². The first-order valence-electron chi connectivity index (χ1n) is 4.75. The van der Waals surface area contributed by atoms with Crippen molar-refractivity contribution in [2.45, 2.75) is 13.3 Å². The second-order valence-electron chi connectivity index (χ2n) is 3.12. The Balaban J connectivity index is 1.84. The van der Waals surface area contributed by atoms with Crippen LogP contribution in [0.15, 0.2) is 16.8 Å². The Kier molecular flexibility index (Phi) is 3.31. The monoisotopic (exact) mass is 239 g/mol. The maximum absolute atomic E-state index is 5.64. The van der Waals surface area contributed by atoms with Crippen molar-refractivity contribution in [2.24, 2.45) is 0 Å². The van der Waals surface area contributed by atoms with Crippen molar-refractivity contribution in [3.63, 3.8) is 0 Å². The van der Waals surface area contributed by atoms with Gasteiger partial charge >= 0.3 is 0 Å². The molecule has 0 atom stereocenters. The van der Waals surface area contributed by atoms with Crippen molar-refractivity contribution in [1.82, 2.24) is 20.1 Å². The zero-order valence-corrected chi connectivity index (χ0v) is 9.40. The molecule has 0 aliphatic carbocycles. The van der Waals surface area contributed by atoms with Crippen molar-refractivity contribution in [1.29, 1.82) is 0 Å². The topological polar surface area (TPSA) is 76.7 Å². The van der Waals surface area contributed by atoms with E-state index < -0.39 is 0 Å². The molecule has 2 rings (SSSR count). The lowest BCUT2D eigenvalue weighted by Gasteiger charge is -2.02. The maximum atomic E-state index is 5.64. The lowest BCUT2D eigenvalue weighted by atomic mass is 10.4. The van der Waals surface area contributed by atoms with Gasteiger partial charge in [-0.2, -0.15) is 4.98 Å². The fourth-order valence-corrected chi connectivity index (χ4v) is 1.32. The molecule has 0 radical (unpaired) electrons. The number of aromatic nitrogens is 4. The largest absolute Gasteiger partial charge is 0.369 e. The van der Waals surface area contributed by atoms with Gasteiger partial charge in [-0.1, -0.05) is 5.16 Å². The smallest absolute Gasteiger partial charge is 0.228 e. The number of hydrogen-bond donors (Lipinski definition) is 1. The van der Waals surface area contributed by atoms with Crippen LogP contribution in [0, 0.1) is 6.92 Å². The summed E-state index contributed by atoms with van der Waals surface area (Å²) in [4.78, 5) is 11.9. The molecule has 0 fully saturated rings. The predicted molar refractivity (Wildman–Crippen MR) is 58.3 cm³/mol. The fourth-order valence-electron chi connectivity index (χ4n) is 1.17. The Morgan fingerprint density at radius 1 is 1.44 bits per heavy atom. The number of anilines is 1. The molecule has 6 nitrogen and oxygen atoms in total. The van der Waals surface area contributed by atoms with Gasteiger partial charge in [0.1, 0.15) is 5.82 Å². The van der Waals surface area contributed by atoms with Crippen LogP contribution in [0.3, 0.4) is 0 Å². The summed E-state index contributed by atoms with van der Waals surface area (Å²) in [5, 5.41) is 7.00. The number of nitrogens with one attached hydrogen (secondary N) is 1. The number of halogens is 1. The van der Waals surface area contributed by atoms with Gasteiger partial charge in [0, 0.05) is 19.2 Å². The molecule has 7 heteroatoms. The Hall–Kier alpha value is -1.69. The summed E-state index contributed by atoms with van der Waals surface area (Å²) in [6.07, 6.45) is 2.23. The van der Waals surface area contributed by atoms with Crippen LogP contribution in [0.5, 0.6) is 0 Å². The first kappa shape index (κ1) is 10.8. The summed E-state index contributed by atoms with van der Waals surface area (Å²) in [7, 11) is 0. The third-order valence-corrected chi connectivity index (χ3v) is 2.02. The summed E-state index contributed by atoms with van der Waals surface area (Å²) in [6.45, 7) is 2.43. The molecule has 1 N–H and O–H groups in total. The highest BCUT2D eigenvalue weighted by atomic mass is 35.5. The van der Waals surface area contributed by atoms with Crippen molar-refractivity contribution in [3.8, 4) is 0 Å². The highest BCUT2D eigenvalue weighted by Gasteiger charge is 2.02. The third kappa shape index (κ3) is 2.90. The standard InChI is InChI=1S/C9H10ClN5O/c1-6-13-8(16-15-6)3-5-11-7-2-4-12-9(10)14-7/h2,4H,3,5H2,1H3,(H,11,12,14). The molecule has 2 aromatic rings. The Morgan fingerprint density at radius 3 is 3.00 bits per heavy atom. The molecule has 0 spiro atoms. The zero-order chi connectivity index (χ0) is 11.4. The van der Waals surface area contributed by atoms with E-state index >= 15 is 0 Å². The first-order valence-corrected chi connectivity index (χ1v) is 5.13. The molecule has 0 amide bonds. The van der Waals surface area contributed by atoms with Gasteiger partial charge in [0.15, 0.2) is 5.82 Å². The van der Waals surface area contributed by atoms with Crippen molar-refractivity contribution in [2.75, 3.05) is 11.9 Å². The summed E-state index contributed by atoms with van der Waals surface area (Å²) >= 11 is 5.64. The molecule has 0 saturated carbocycles. The lowest BCUT2D eigenvalue weighted by Crippen LogP contribution is -2.06. The maximum Gasteiger partial charge on any atom is 0.228 e. The minimum atomic E-state index is 0.221. The normalized spacial score (nSPS) is 10.4. The molecule has 0 bridgehead atoms. The summed E-state index contributed by atoms with van der Waals surface area (Å²) in [5.74, 6) is 1.92. The van der Waals surface area contributed by atoms with E-state index in [0.717, 1.165) is 0 Å². The molecule has 0 aromatic carbocycles. The van der Waals surface area contributed by atoms with E-state index in [4.69, 9.17) is 16.1 Å². The van der Waals surface area contributed by atoms with Crippen LogP contribution in [-0.4, -0.2) is 26.7 Å². The Bertz CT molecular complexity index is 472. The van der Waals surface area contributed by atoms with Crippen LogP contribution in [-0.2, 0) is 6.42 Å². The summed E-state index contributed by atoms with van der Waals surface area (Å²) < 4.78 is 4.97. The highest BCUT2D eigenvalue weighted by molar-refractivity contribution is 6.28. The molecule has 2 heterocycles. The van der Waals surface area contributed by atoms with Crippen molar-refractivity contribution in [3.05, 3.63) is 29.3 Å². The number of hydrogen-bond acceptors (Lipinski definition) is 6. The van der Waals surface area contributed by atoms with Crippen LogP contribution in [0.2, 0.25) is 5.28 Å². The van der Waals surface area contributed by atoms with Gasteiger partial charge in [-0.25, -0.2) is 9.97 Å². The molecule has 0 saturated heterocycles. The van der Waals surface area contributed by atoms with Crippen LogP contribution in [0.4, 0.5) is 5.82 Å². The van der Waals surface area contributed by atoms with E-state index in [-0.39, 0.29) is 5.28 Å². The molecular weight excluding hydrogens is 230 g/mol. The van der Waals surface area contributed by atoms with Crippen LogP contribution in [0.1, 0.15) is 11.7 Å². The van der Waals surface area contributed by atoms with E-state index in [1.165, 1.54) is 0 Å². The van der Waals surface area contributed by atoms with Gasteiger partial charge in [0.25, 0.3) is 0 Å². The predicted octanol–water partition coefficient (Wildman–Crippen LogP) is 1.48. The zero-order valence-electron chi connectivity index (χ0n) is 8.64. The molecule has 84 valence electrons. The average Bonchev–Trinajstić information content (AvgIpc) is 2.64. The number of rotatable bonds is 4. The van der Waals surface area contributed by atoms with Crippen LogP contribution in [0.25, 0.3) is 0 Å². The van der Waals surface area contributed by atoms with Gasteiger partial charge < -0.3 is 9.84 Å². The summed E-state index contributed by atoms with van der Waals surface area (Å²) in [6, 6.07) is 1.74. The third-order valence-electron chi connectivity index (χ3n) is 1.84. The fraction of sp³-hybridized carbons (Fsp3) is 0.333. The van der Waals surface area contributed by atoms with Gasteiger partial charge in [0.2, 0.25) is 11.2 Å². The number of aryl methyl sites for hydroxylation is 1. The molecule has 0 aliphatic rings. The molecule has 0 aliphatic heterocycles. The van der Waals surface area contributed by atoms with E-state index in [2.05, 4.69) is 25.4 Å². The molecule has 16 heavy (non-hydrogen) atoms. The quantitative estimate of drug-likeness (QED) is 0.815. The minimum Gasteiger partial charge on any atom is -0.369 e. The highest BCUT2D eigenvalue weighted by Crippen LogP contribution is 2.06. The van der Waals surface area contributed by atoms with Gasteiger partial charge in [-0.15, -0.1) is 0 Å². The minimum absolute atomic E-state index is 0.221. The molecule has 2 aromatic heterocycles. The van der Waals surface area contributed by atoms with Crippen molar-refractivity contribution >= 4 is 17.4 Å². The van der Waals surface area contributed by atoms with E-state index in [0.29, 0.717) is 30.5 Å². The van der Waals surface area contributed by atoms with Crippen LogP contribution >= 0.6 is 11.6 Å². The van der Waals surface area contributed by atoms with Gasteiger partial charge in [-0.05, 0) is 24.6 Å². The van der Waals surface area contributed by atoms with E-state index in [9.17, 15) is 0 Å². The molecule has 0 unspecified atom stereocenters. The Labute approximate surface area is 97.1 Å². The Morgan fingerprint density at radius 2 is 2.31 bits per heavy atom. The second kappa shape index (κ2) is 4.89. The lowest BCUT2D eigenvalue weighted by molar-refractivity contribution is 0.377. The second-order valence-corrected chi connectivity index (χ2v) is 3.46. The SMILES string of the molecule is Cc1noc(CCNc2ccnc(Cl)n2)n1. The van der Waals surface area contributed by atoms with Crippen LogP contribution < -0.4 is 5.32 Å². The van der Waals surface area contributed by atoms with Gasteiger partial charge in [0.05, 0.1) is 0 Å². The van der Waals surface area contributed by atoms with Gasteiger partial charge in [-0.3, -0.25) is 0 Å². The summed E-state index contributed by atoms with van der Waals surface area (Å²) in [5.41, 5.74) is 0. The average molecular weight is 240 g/mol. The number of nitrogens with zero attached hydrogens (tertiary/aromatic N) is 4. The van der Waals surface area contributed by atoms with E-state index in [1.807, 2.05) is 0 Å². The first-order chi connectivity index (χ1) is 7.74. The van der Waals surface area contributed by atoms with E-state index in [1.54, 1.807) is 19.2 Å².